The minimum atomic E-state index is -3.62. The number of aliphatic imine (C=N–C) groups is 1. The van der Waals surface area contributed by atoms with E-state index in [4.69, 9.17) is 21.0 Å². The number of fused-ring (bicyclic) bond motifs is 1. The maximum Gasteiger partial charge on any atom is 0.407 e. The number of hydrogen-bond acceptors (Lipinski definition) is 9. The topological polar surface area (TPSA) is 170 Å². The number of alkyl carbamates (subject to hydrolysis) is 1. The number of benzene rings is 2. The molecule has 0 aromatic heterocycles. The van der Waals surface area contributed by atoms with Crippen molar-refractivity contribution in [3.05, 3.63) is 53.6 Å². The van der Waals surface area contributed by atoms with Gasteiger partial charge in [-0.2, -0.15) is 4.31 Å². The quantitative estimate of drug-likeness (QED) is 0.252. The van der Waals surface area contributed by atoms with Crippen molar-refractivity contribution in [3.63, 3.8) is 0 Å². The van der Waals surface area contributed by atoms with E-state index in [0.29, 0.717) is 55.0 Å². The summed E-state index contributed by atoms with van der Waals surface area (Å²) < 4.78 is 32.9. The molecule has 0 bridgehead atoms. The molecule has 2 heterocycles. The number of sulfonamides is 1. The van der Waals surface area contributed by atoms with Crippen molar-refractivity contribution in [3.8, 4) is 11.1 Å². The van der Waals surface area contributed by atoms with Crippen molar-refractivity contribution < 1.29 is 27.6 Å². The average molecular weight is 627 g/mol. The van der Waals surface area contributed by atoms with Crippen LogP contribution in [-0.4, -0.2) is 80.6 Å². The van der Waals surface area contributed by atoms with Crippen LogP contribution in [0.2, 0.25) is 0 Å². The summed E-state index contributed by atoms with van der Waals surface area (Å²) in [5.74, 6) is 0.0968. The number of hydroxylamine groups is 2. The smallest absolute Gasteiger partial charge is 0.407 e. The van der Waals surface area contributed by atoms with E-state index in [1.54, 1.807) is 45.0 Å². The normalized spacial score (nSPS) is 15.8. The molecule has 0 saturated carbocycles. The highest BCUT2D eigenvalue weighted by Crippen LogP contribution is 2.34. The fraction of sp³-hybridized carbons (Fsp3) is 0.452. The van der Waals surface area contributed by atoms with Gasteiger partial charge in [0.15, 0.2) is 0 Å². The number of amides is 2. The first-order valence-corrected chi connectivity index (χ1v) is 16.1. The lowest BCUT2D eigenvalue weighted by molar-refractivity contribution is -0.181. The standard InChI is InChI=1S/C31H42N6O6S/c1-5-12-37(42-13-11-34-30(39)43-31(2,3)4)29(38)25-14-24-10-9-23(16-27(24)35-28(33)17-25)22-7-6-8-26(15-22)44(40,41)36-19-21(18-32)20-36/h6-10,14-16,21H,5,11-13,17-20,32H2,1-4H3,(H2,33,35)(H,34,39). The fourth-order valence-electron chi connectivity index (χ4n) is 4.77. The van der Waals surface area contributed by atoms with Crippen molar-refractivity contribution in [1.82, 2.24) is 14.7 Å². The Morgan fingerprint density at radius 1 is 1.14 bits per heavy atom. The summed E-state index contributed by atoms with van der Waals surface area (Å²) >= 11 is 0. The van der Waals surface area contributed by atoms with Crippen molar-refractivity contribution in [2.75, 3.05) is 39.3 Å². The highest BCUT2D eigenvalue weighted by Gasteiger charge is 2.36. The average Bonchev–Trinajstić information content (AvgIpc) is 3.10. The van der Waals surface area contributed by atoms with Gasteiger partial charge in [-0.05, 0) is 75.1 Å². The Balaban J connectivity index is 1.49. The van der Waals surface area contributed by atoms with E-state index >= 15 is 0 Å². The summed E-state index contributed by atoms with van der Waals surface area (Å²) in [6.07, 6.45) is 1.96. The molecule has 5 N–H and O–H groups in total. The van der Waals surface area contributed by atoms with Gasteiger partial charge < -0.3 is 21.5 Å². The van der Waals surface area contributed by atoms with Crippen LogP contribution in [-0.2, 0) is 24.4 Å². The Kier molecular flexibility index (Phi) is 10.5. The first-order valence-electron chi connectivity index (χ1n) is 14.7. The summed E-state index contributed by atoms with van der Waals surface area (Å²) in [4.78, 5) is 35.9. The van der Waals surface area contributed by atoms with E-state index in [9.17, 15) is 18.0 Å². The van der Waals surface area contributed by atoms with E-state index in [1.165, 1.54) is 9.37 Å². The van der Waals surface area contributed by atoms with Crippen LogP contribution in [0.4, 0.5) is 10.5 Å². The van der Waals surface area contributed by atoms with Gasteiger partial charge in [-0.1, -0.05) is 31.2 Å². The van der Waals surface area contributed by atoms with Crippen molar-refractivity contribution in [2.24, 2.45) is 22.4 Å². The number of carbonyl (C=O) groups is 2. The molecule has 13 heteroatoms. The molecule has 1 fully saturated rings. The Labute approximate surface area is 259 Å². The minimum absolute atomic E-state index is 0.0714. The maximum atomic E-state index is 13.5. The molecule has 0 spiro atoms. The molecule has 12 nitrogen and oxygen atoms in total. The molecule has 2 aromatic carbocycles. The number of nitrogens with one attached hydrogen (secondary N) is 1. The third kappa shape index (κ3) is 8.23. The second kappa shape index (κ2) is 13.9. The van der Waals surface area contributed by atoms with Gasteiger partial charge in [0.2, 0.25) is 10.0 Å². The highest BCUT2D eigenvalue weighted by atomic mass is 32.2. The zero-order valence-corrected chi connectivity index (χ0v) is 26.5. The molecule has 1 saturated heterocycles. The van der Waals surface area contributed by atoms with Crippen LogP contribution in [0.1, 0.15) is 46.1 Å². The second-order valence-corrected chi connectivity index (χ2v) is 13.8. The summed E-state index contributed by atoms with van der Waals surface area (Å²) in [5.41, 5.74) is 14.4. The molecular formula is C31H42N6O6S. The molecular weight excluding hydrogens is 584 g/mol. The van der Waals surface area contributed by atoms with Crippen molar-refractivity contribution in [1.29, 1.82) is 0 Å². The monoisotopic (exact) mass is 626 g/mol. The Bertz CT molecular complexity index is 1540. The fourth-order valence-corrected chi connectivity index (χ4v) is 6.41. The number of nitrogens with two attached hydrogens (primary N) is 2. The first-order chi connectivity index (χ1) is 20.8. The predicted molar refractivity (Wildman–Crippen MR) is 169 cm³/mol. The van der Waals surface area contributed by atoms with Crippen LogP contribution in [0.25, 0.3) is 17.2 Å². The van der Waals surface area contributed by atoms with E-state index < -0.39 is 21.7 Å². The van der Waals surface area contributed by atoms with Gasteiger partial charge in [-0.3, -0.25) is 9.63 Å². The zero-order chi connectivity index (χ0) is 32.1. The number of ether oxygens (including phenoxy) is 1. The van der Waals surface area contributed by atoms with Gasteiger partial charge in [0.05, 0.1) is 17.2 Å². The van der Waals surface area contributed by atoms with Crippen molar-refractivity contribution in [2.45, 2.75) is 51.0 Å². The molecule has 238 valence electrons. The zero-order valence-electron chi connectivity index (χ0n) is 25.7. The molecule has 2 aromatic rings. The number of hydrogen-bond donors (Lipinski definition) is 3. The van der Waals surface area contributed by atoms with Crippen LogP contribution in [0.3, 0.4) is 0 Å². The van der Waals surface area contributed by atoms with Crippen LogP contribution >= 0.6 is 0 Å². The Morgan fingerprint density at radius 2 is 1.86 bits per heavy atom. The minimum Gasteiger partial charge on any atom is -0.444 e. The van der Waals surface area contributed by atoms with Gasteiger partial charge in [0.25, 0.3) is 5.91 Å². The molecule has 44 heavy (non-hydrogen) atoms. The third-order valence-corrected chi connectivity index (χ3v) is 8.83. The molecule has 0 unspecified atom stereocenters. The second-order valence-electron chi connectivity index (χ2n) is 11.8. The highest BCUT2D eigenvalue weighted by molar-refractivity contribution is 7.89. The lowest BCUT2D eigenvalue weighted by atomic mass is 10.0. The van der Waals surface area contributed by atoms with Gasteiger partial charge in [0, 0.05) is 43.7 Å². The summed E-state index contributed by atoms with van der Waals surface area (Å²) in [6, 6.07) is 12.3. The molecule has 2 amide bonds. The molecule has 0 radical (unpaired) electrons. The largest absolute Gasteiger partial charge is 0.444 e. The van der Waals surface area contributed by atoms with Crippen LogP contribution < -0.4 is 16.8 Å². The molecule has 2 aliphatic heterocycles. The predicted octanol–water partition coefficient (Wildman–Crippen LogP) is 3.40. The summed E-state index contributed by atoms with van der Waals surface area (Å²) in [5, 5.41) is 3.89. The third-order valence-electron chi connectivity index (χ3n) is 7.00. The van der Waals surface area contributed by atoms with E-state index in [1.807, 2.05) is 31.2 Å². The van der Waals surface area contributed by atoms with Crippen LogP contribution in [0.5, 0.6) is 0 Å². The van der Waals surface area contributed by atoms with Gasteiger partial charge >= 0.3 is 6.09 Å². The molecule has 4 rings (SSSR count). The molecule has 0 aliphatic carbocycles. The Morgan fingerprint density at radius 3 is 2.55 bits per heavy atom. The number of carbonyl (C=O) groups excluding carboxylic acids is 2. The lowest BCUT2D eigenvalue weighted by Gasteiger charge is -2.37. The van der Waals surface area contributed by atoms with E-state index in [-0.39, 0.29) is 42.1 Å². The number of rotatable bonds is 11. The van der Waals surface area contributed by atoms with Crippen LogP contribution in [0, 0.1) is 5.92 Å². The Hall–Kier alpha value is -3.78. The molecule has 0 atom stereocenters. The van der Waals surface area contributed by atoms with Crippen LogP contribution in [0.15, 0.2) is 57.9 Å². The summed E-state index contributed by atoms with van der Waals surface area (Å²) in [6.45, 7) is 9.13. The van der Waals surface area contributed by atoms with Gasteiger partial charge in [-0.15, -0.1) is 0 Å². The lowest BCUT2D eigenvalue weighted by Crippen LogP contribution is -2.52. The number of amidine groups is 1. The van der Waals surface area contributed by atoms with E-state index in [0.717, 1.165) is 5.56 Å². The SMILES string of the molecule is CCCN(OCCNC(=O)OC(C)(C)C)C(=O)C1=Cc2ccc(-c3cccc(S(=O)(=O)N4CC(CN)C4)c3)cc2N=C(N)C1. The maximum absolute atomic E-state index is 13.5. The van der Waals surface area contributed by atoms with Gasteiger partial charge in [-0.25, -0.2) is 23.3 Å². The van der Waals surface area contributed by atoms with Crippen molar-refractivity contribution >= 4 is 39.6 Å². The first kappa shape index (κ1) is 33.1. The van der Waals surface area contributed by atoms with Gasteiger partial charge in [0.1, 0.15) is 11.4 Å². The number of nitrogens with zero attached hydrogens (tertiary/aromatic N) is 3. The molecule has 2 aliphatic rings. The summed E-state index contributed by atoms with van der Waals surface area (Å²) in [7, 11) is -3.62. The van der Waals surface area contributed by atoms with E-state index in [2.05, 4.69) is 10.3 Å².